The molecule has 0 aliphatic rings. The summed E-state index contributed by atoms with van der Waals surface area (Å²) in [6.07, 6.45) is 9.28. The van der Waals surface area contributed by atoms with Crippen LogP contribution >= 0.6 is 0 Å². The summed E-state index contributed by atoms with van der Waals surface area (Å²) in [6.45, 7) is 7.76. The molecule has 0 radical (unpaired) electrons. The molecule has 1 rings (SSSR count). The van der Waals surface area contributed by atoms with Gasteiger partial charge in [-0.1, -0.05) is 69.4 Å². The Balaban J connectivity index is 2.32. The third-order valence-electron chi connectivity index (χ3n) is 3.76. The van der Waals surface area contributed by atoms with Gasteiger partial charge < -0.3 is 5.32 Å². The summed E-state index contributed by atoms with van der Waals surface area (Å²) in [5, 5.41) is 3.64. The third-order valence-corrected chi connectivity index (χ3v) is 3.76. The summed E-state index contributed by atoms with van der Waals surface area (Å²) >= 11 is 0. The number of rotatable bonds is 10. The highest BCUT2D eigenvalue weighted by Gasteiger charge is 2.07. The van der Waals surface area contributed by atoms with E-state index in [1.54, 1.807) is 0 Å². The van der Waals surface area contributed by atoms with Crippen LogP contribution in [0.3, 0.4) is 0 Å². The molecular formula is C18H31N. The van der Waals surface area contributed by atoms with Gasteiger partial charge in [0.15, 0.2) is 0 Å². The third kappa shape index (κ3) is 7.37. The second-order valence-electron chi connectivity index (χ2n) is 5.63. The fourth-order valence-corrected chi connectivity index (χ4v) is 2.66. The molecule has 0 saturated heterocycles. The first-order valence-corrected chi connectivity index (χ1v) is 8.05. The van der Waals surface area contributed by atoms with Crippen molar-refractivity contribution in [1.82, 2.24) is 5.32 Å². The first-order chi connectivity index (χ1) is 9.26. The molecule has 1 aromatic rings. The highest BCUT2D eigenvalue weighted by atomic mass is 14.9. The lowest BCUT2D eigenvalue weighted by Crippen LogP contribution is -2.29. The van der Waals surface area contributed by atoms with E-state index < -0.39 is 0 Å². The van der Waals surface area contributed by atoms with Crippen LogP contribution in [0.2, 0.25) is 0 Å². The van der Waals surface area contributed by atoms with E-state index in [-0.39, 0.29) is 0 Å². The smallest absolute Gasteiger partial charge is 0.00701 e. The van der Waals surface area contributed by atoms with Gasteiger partial charge in [-0.15, -0.1) is 0 Å². The van der Waals surface area contributed by atoms with Crippen molar-refractivity contribution in [3.8, 4) is 0 Å². The molecule has 0 bridgehead atoms. The average molecular weight is 261 g/mol. The Morgan fingerprint density at radius 2 is 1.89 bits per heavy atom. The van der Waals surface area contributed by atoms with Crippen molar-refractivity contribution in [2.75, 3.05) is 6.54 Å². The monoisotopic (exact) mass is 261 g/mol. The van der Waals surface area contributed by atoms with E-state index in [2.05, 4.69) is 50.4 Å². The number of nitrogens with one attached hydrogen (secondary N) is 1. The molecule has 0 aliphatic heterocycles. The van der Waals surface area contributed by atoms with Gasteiger partial charge in [-0.2, -0.15) is 0 Å². The maximum absolute atomic E-state index is 3.64. The van der Waals surface area contributed by atoms with E-state index in [4.69, 9.17) is 0 Å². The zero-order valence-electron chi connectivity index (χ0n) is 13.0. The molecule has 0 fully saturated rings. The minimum absolute atomic E-state index is 0.697. The first kappa shape index (κ1) is 16.2. The highest BCUT2D eigenvalue weighted by Crippen LogP contribution is 2.12. The number of unbranched alkanes of at least 4 members (excludes halogenated alkanes) is 3. The van der Waals surface area contributed by atoms with Crippen molar-refractivity contribution in [3.05, 3.63) is 35.4 Å². The molecule has 0 amide bonds. The lowest BCUT2D eigenvalue weighted by molar-refractivity contribution is 0.441. The molecular weight excluding hydrogens is 230 g/mol. The van der Waals surface area contributed by atoms with E-state index in [9.17, 15) is 0 Å². The molecule has 0 spiro atoms. The fraction of sp³-hybridized carbons (Fsp3) is 0.667. The van der Waals surface area contributed by atoms with Crippen LogP contribution in [-0.4, -0.2) is 12.6 Å². The van der Waals surface area contributed by atoms with Gasteiger partial charge in [0.1, 0.15) is 0 Å². The molecule has 0 aromatic heterocycles. The Hall–Kier alpha value is -0.820. The molecule has 0 saturated carbocycles. The topological polar surface area (TPSA) is 12.0 Å². The Morgan fingerprint density at radius 1 is 1.05 bits per heavy atom. The summed E-state index contributed by atoms with van der Waals surface area (Å²) in [4.78, 5) is 0. The van der Waals surface area contributed by atoms with Crippen LogP contribution < -0.4 is 5.32 Å². The van der Waals surface area contributed by atoms with Crippen LogP contribution in [-0.2, 0) is 6.42 Å². The Bertz CT molecular complexity index is 332. The quantitative estimate of drug-likeness (QED) is 0.592. The van der Waals surface area contributed by atoms with Gasteiger partial charge in [0.2, 0.25) is 0 Å². The number of hydrogen-bond donors (Lipinski definition) is 1. The number of benzene rings is 1. The zero-order chi connectivity index (χ0) is 13.9. The predicted molar refractivity (Wildman–Crippen MR) is 85.7 cm³/mol. The van der Waals surface area contributed by atoms with Gasteiger partial charge >= 0.3 is 0 Å². The van der Waals surface area contributed by atoms with Crippen molar-refractivity contribution in [2.24, 2.45) is 0 Å². The molecule has 1 heteroatoms. The minimum Gasteiger partial charge on any atom is -0.314 e. The summed E-state index contributed by atoms with van der Waals surface area (Å²) in [5.74, 6) is 0. The van der Waals surface area contributed by atoms with Crippen LogP contribution in [0.25, 0.3) is 0 Å². The Kier molecular flexibility index (Phi) is 8.57. The van der Waals surface area contributed by atoms with Gasteiger partial charge in [-0.05, 0) is 38.3 Å². The SMILES string of the molecule is CCCCCCC(CCc1cccc(C)c1)NCC. The van der Waals surface area contributed by atoms with Crippen molar-refractivity contribution >= 4 is 0 Å². The lowest BCUT2D eigenvalue weighted by atomic mass is 9.99. The van der Waals surface area contributed by atoms with Gasteiger partial charge in [0, 0.05) is 6.04 Å². The zero-order valence-corrected chi connectivity index (χ0v) is 13.0. The molecule has 1 N–H and O–H groups in total. The maximum Gasteiger partial charge on any atom is 0.00701 e. The summed E-state index contributed by atoms with van der Waals surface area (Å²) in [7, 11) is 0. The molecule has 0 heterocycles. The second kappa shape index (κ2) is 10.0. The standard InChI is InChI=1S/C18H31N/c1-4-6-7-8-12-18(19-5-2)14-13-17-11-9-10-16(3)15-17/h9-11,15,18-19H,4-8,12-14H2,1-3H3. The van der Waals surface area contributed by atoms with Crippen LogP contribution in [0.15, 0.2) is 24.3 Å². The van der Waals surface area contributed by atoms with Crippen LogP contribution in [0.4, 0.5) is 0 Å². The molecule has 108 valence electrons. The molecule has 1 nitrogen and oxygen atoms in total. The summed E-state index contributed by atoms with van der Waals surface area (Å²) in [5.41, 5.74) is 2.86. The second-order valence-corrected chi connectivity index (χ2v) is 5.63. The highest BCUT2D eigenvalue weighted by molar-refractivity contribution is 5.22. The Morgan fingerprint density at radius 3 is 2.58 bits per heavy atom. The average Bonchev–Trinajstić information content (AvgIpc) is 2.41. The number of aryl methyl sites for hydroxylation is 2. The lowest BCUT2D eigenvalue weighted by Gasteiger charge is -2.18. The van der Waals surface area contributed by atoms with Crippen molar-refractivity contribution < 1.29 is 0 Å². The summed E-state index contributed by atoms with van der Waals surface area (Å²) in [6, 6.07) is 9.62. The van der Waals surface area contributed by atoms with Gasteiger partial charge in [-0.3, -0.25) is 0 Å². The van der Waals surface area contributed by atoms with E-state index in [0.717, 1.165) is 6.54 Å². The Labute approximate surface area is 119 Å². The first-order valence-electron chi connectivity index (χ1n) is 8.05. The maximum atomic E-state index is 3.64. The van der Waals surface area contributed by atoms with Crippen LogP contribution in [0.5, 0.6) is 0 Å². The fourth-order valence-electron chi connectivity index (χ4n) is 2.66. The van der Waals surface area contributed by atoms with Gasteiger partial charge in [0.05, 0.1) is 0 Å². The largest absolute Gasteiger partial charge is 0.314 e. The molecule has 1 atom stereocenters. The minimum atomic E-state index is 0.697. The van der Waals surface area contributed by atoms with Gasteiger partial charge in [0.25, 0.3) is 0 Å². The number of hydrogen-bond acceptors (Lipinski definition) is 1. The molecule has 1 unspecified atom stereocenters. The molecule has 1 aromatic carbocycles. The van der Waals surface area contributed by atoms with Crippen LogP contribution in [0.1, 0.15) is 63.5 Å². The van der Waals surface area contributed by atoms with Crippen molar-refractivity contribution in [3.63, 3.8) is 0 Å². The predicted octanol–water partition coefficient (Wildman–Crippen LogP) is 4.88. The normalized spacial score (nSPS) is 12.6. The van der Waals surface area contributed by atoms with E-state index >= 15 is 0 Å². The summed E-state index contributed by atoms with van der Waals surface area (Å²) < 4.78 is 0. The molecule has 19 heavy (non-hydrogen) atoms. The van der Waals surface area contributed by atoms with Crippen molar-refractivity contribution in [1.29, 1.82) is 0 Å². The molecule has 0 aliphatic carbocycles. The van der Waals surface area contributed by atoms with Crippen LogP contribution in [0, 0.1) is 6.92 Å². The van der Waals surface area contributed by atoms with Crippen molar-refractivity contribution in [2.45, 2.75) is 71.8 Å². The van der Waals surface area contributed by atoms with E-state index in [1.165, 1.54) is 56.1 Å². The van der Waals surface area contributed by atoms with E-state index in [0.29, 0.717) is 6.04 Å². The van der Waals surface area contributed by atoms with E-state index in [1.807, 2.05) is 0 Å². The van der Waals surface area contributed by atoms with Gasteiger partial charge in [-0.25, -0.2) is 0 Å².